The quantitative estimate of drug-likeness (QED) is 0.335. The van der Waals surface area contributed by atoms with E-state index in [1.54, 1.807) is 36.6 Å². The molecule has 1 fully saturated rings. The second-order valence-electron chi connectivity index (χ2n) is 8.50. The smallest absolute Gasteiger partial charge is 0.225 e. The number of hydrogen-bond acceptors (Lipinski definition) is 7. The number of ketones is 1. The van der Waals surface area contributed by atoms with Gasteiger partial charge in [-0.05, 0) is 37.6 Å². The van der Waals surface area contributed by atoms with Crippen molar-refractivity contribution in [2.75, 3.05) is 19.0 Å². The number of aromatic nitrogens is 1. The third-order valence-corrected chi connectivity index (χ3v) is 6.19. The second-order valence-corrected chi connectivity index (χ2v) is 8.50. The van der Waals surface area contributed by atoms with Crippen molar-refractivity contribution < 1.29 is 28.6 Å². The SMILES string of the molecule is C=C/C=C\C(=C/C)C(=O)COC.O=CC1C2Oc3ccc(Oc4ccnc5c4CCC(=O)N5)cc3C12. The number of nitrogens with zero attached hydrogens (tertiary/aromatic N) is 1. The maximum absolute atomic E-state index is 11.5. The number of allylic oxidation sites excluding steroid dienone is 4. The lowest BCUT2D eigenvalue weighted by Crippen LogP contribution is -2.20. The Morgan fingerprint density at radius 3 is 2.86 bits per heavy atom. The van der Waals surface area contributed by atoms with Gasteiger partial charge in [0.25, 0.3) is 0 Å². The summed E-state index contributed by atoms with van der Waals surface area (Å²) in [6.07, 6.45) is 10.4. The molecule has 1 aliphatic carbocycles. The van der Waals surface area contributed by atoms with Gasteiger partial charge >= 0.3 is 0 Å². The Morgan fingerprint density at radius 2 is 2.14 bits per heavy atom. The Morgan fingerprint density at radius 1 is 1.31 bits per heavy atom. The average molecular weight is 489 g/mol. The van der Waals surface area contributed by atoms with Crippen molar-refractivity contribution in [2.24, 2.45) is 5.92 Å². The van der Waals surface area contributed by atoms with Crippen LogP contribution in [0.25, 0.3) is 0 Å². The summed E-state index contributed by atoms with van der Waals surface area (Å²) in [5, 5.41) is 2.77. The zero-order valence-electron chi connectivity index (χ0n) is 20.2. The molecule has 36 heavy (non-hydrogen) atoms. The monoisotopic (exact) mass is 488 g/mol. The van der Waals surface area contributed by atoms with Crippen molar-refractivity contribution in [1.82, 2.24) is 4.98 Å². The average Bonchev–Trinajstić information content (AvgIpc) is 3.45. The largest absolute Gasteiger partial charge is 0.489 e. The van der Waals surface area contributed by atoms with Crippen molar-refractivity contribution in [3.63, 3.8) is 0 Å². The van der Waals surface area contributed by atoms with E-state index in [9.17, 15) is 14.4 Å². The lowest BCUT2D eigenvalue weighted by Gasteiger charge is -2.19. The number of fused-ring (bicyclic) bond motifs is 4. The molecule has 1 saturated carbocycles. The summed E-state index contributed by atoms with van der Waals surface area (Å²) in [5.41, 5.74) is 2.59. The fraction of sp³-hybridized carbons (Fsp3) is 0.286. The zero-order chi connectivity index (χ0) is 25.7. The van der Waals surface area contributed by atoms with Gasteiger partial charge in [-0.15, -0.1) is 0 Å². The number of nitrogens with one attached hydrogen (secondary N) is 1. The molecule has 0 spiro atoms. The number of methoxy groups -OCH3 is 1. The van der Waals surface area contributed by atoms with Crippen LogP contribution in [0.4, 0.5) is 5.82 Å². The van der Waals surface area contributed by atoms with Crippen molar-refractivity contribution >= 4 is 23.8 Å². The van der Waals surface area contributed by atoms with Gasteiger partial charge < -0.3 is 24.3 Å². The lowest BCUT2D eigenvalue weighted by atomic mass is 10.1. The van der Waals surface area contributed by atoms with E-state index < -0.39 is 0 Å². The summed E-state index contributed by atoms with van der Waals surface area (Å²) in [6.45, 7) is 5.46. The number of hydrogen-bond donors (Lipinski definition) is 1. The van der Waals surface area contributed by atoms with Crippen LogP contribution in [0.3, 0.4) is 0 Å². The van der Waals surface area contributed by atoms with E-state index in [4.69, 9.17) is 14.2 Å². The summed E-state index contributed by atoms with van der Waals surface area (Å²) in [7, 11) is 1.50. The maximum Gasteiger partial charge on any atom is 0.225 e. The number of benzene rings is 1. The van der Waals surface area contributed by atoms with E-state index in [2.05, 4.69) is 16.9 Å². The molecule has 186 valence electrons. The van der Waals surface area contributed by atoms with Crippen molar-refractivity contribution in [1.29, 1.82) is 0 Å². The third kappa shape index (κ3) is 5.28. The minimum Gasteiger partial charge on any atom is -0.489 e. The number of carbonyl (C=O) groups is 3. The normalized spacial score (nSPS) is 21.1. The molecule has 0 saturated heterocycles. The van der Waals surface area contributed by atoms with Crippen LogP contribution in [0.2, 0.25) is 0 Å². The number of anilines is 1. The highest BCUT2D eigenvalue weighted by Crippen LogP contribution is 2.58. The van der Waals surface area contributed by atoms with Gasteiger partial charge in [0.15, 0.2) is 5.78 Å². The molecule has 0 radical (unpaired) electrons. The van der Waals surface area contributed by atoms with E-state index in [-0.39, 0.29) is 36.2 Å². The molecule has 3 unspecified atom stereocenters. The molecule has 3 heterocycles. The molecule has 2 aromatic rings. The first kappa shape index (κ1) is 25.1. The number of aldehydes is 1. The van der Waals surface area contributed by atoms with Crippen LogP contribution in [0.15, 0.2) is 66.9 Å². The maximum atomic E-state index is 11.5. The van der Waals surface area contributed by atoms with Crippen LogP contribution in [0.1, 0.15) is 30.4 Å². The highest BCUT2D eigenvalue weighted by molar-refractivity contribution is 5.98. The Kier molecular flexibility index (Phi) is 7.75. The number of amides is 1. The minimum absolute atomic E-state index is 0.00310. The van der Waals surface area contributed by atoms with Gasteiger partial charge in [0, 0.05) is 42.3 Å². The van der Waals surface area contributed by atoms with E-state index >= 15 is 0 Å². The highest BCUT2D eigenvalue weighted by Gasteiger charge is 2.58. The molecule has 5 rings (SSSR count). The fourth-order valence-corrected chi connectivity index (χ4v) is 4.32. The molecule has 8 heteroatoms. The fourth-order valence-electron chi connectivity index (χ4n) is 4.32. The van der Waals surface area contributed by atoms with Crippen molar-refractivity contribution in [2.45, 2.75) is 31.8 Å². The van der Waals surface area contributed by atoms with Gasteiger partial charge in [-0.2, -0.15) is 0 Å². The summed E-state index contributed by atoms with van der Waals surface area (Å²) in [6, 6.07) is 7.48. The topological polar surface area (TPSA) is 104 Å². The van der Waals surface area contributed by atoms with Crippen LogP contribution in [0, 0.1) is 5.92 Å². The molecule has 0 bridgehead atoms. The zero-order valence-corrected chi connectivity index (χ0v) is 20.2. The van der Waals surface area contributed by atoms with Crippen molar-refractivity contribution in [3.05, 3.63) is 78.0 Å². The van der Waals surface area contributed by atoms with E-state index in [1.165, 1.54) is 7.11 Å². The highest BCUT2D eigenvalue weighted by atomic mass is 16.5. The number of Topliss-reactive ketones (excluding diaryl/α,β-unsaturated/α-hetero) is 1. The van der Waals surface area contributed by atoms with E-state index in [0.29, 0.717) is 35.7 Å². The molecule has 1 N–H and O–H groups in total. The summed E-state index contributed by atoms with van der Waals surface area (Å²) < 4.78 is 16.5. The number of ether oxygens (including phenoxy) is 3. The molecule has 1 aromatic carbocycles. The van der Waals surface area contributed by atoms with Gasteiger partial charge in [0.2, 0.25) is 5.91 Å². The molecule has 1 aromatic heterocycles. The van der Waals surface area contributed by atoms with Crippen molar-refractivity contribution in [3.8, 4) is 17.2 Å². The lowest BCUT2D eigenvalue weighted by molar-refractivity contribution is -0.118. The Bertz CT molecular complexity index is 1250. The van der Waals surface area contributed by atoms with Crippen LogP contribution in [0.5, 0.6) is 17.2 Å². The molecule has 1 amide bonds. The summed E-state index contributed by atoms with van der Waals surface area (Å²) in [5.74, 6) is 2.87. The van der Waals surface area contributed by atoms with Crippen LogP contribution < -0.4 is 14.8 Å². The van der Waals surface area contributed by atoms with E-state index in [1.807, 2.05) is 25.1 Å². The Hall–Kier alpha value is -4.04. The Balaban J connectivity index is 0.000000218. The first-order valence-corrected chi connectivity index (χ1v) is 11.7. The van der Waals surface area contributed by atoms with Gasteiger partial charge in [-0.25, -0.2) is 4.98 Å². The summed E-state index contributed by atoms with van der Waals surface area (Å²) >= 11 is 0. The Labute approximate surface area is 209 Å². The van der Waals surface area contributed by atoms with Gasteiger partial charge in [-0.3, -0.25) is 9.59 Å². The molecular weight excluding hydrogens is 460 g/mol. The predicted octanol–water partition coefficient (Wildman–Crippen LogP) is 4.32. The molecule has 2 aliphatic heterocycles. The number of rotatable bonds is 8. The molecule has 3 aliphatic rings. The van der Waals surface area contributed by atoms with Crippen LogP contribution in [-0.4, -0.2) is 42.8 Å². The molecular formula is C28H28N2O6. The van der Waals surface area contributed by atoms with Gasteiger partial charge in [0.1, 0.15) is 42.1 Å². The number of pyridine rings is 1. The van der Waals surface area contributed by atoms with E-state index in [0.717, 1.165) is 23.2 Å². The van der Waals surface area contributed by atoms with Gasteiger partial charge in [-0.1, -0.05) is 30.9 Å². The number of carbonyl (C=O) groups excluding carboxylic acids is 3. The van der Waals surface area contributed by atoms with Crippen LogP contribution in [-0.2, 0) is 25.5 Å². The summed E-state index contributed by atoms with van der Waals surface area (Å²) in [4.78, 5) is 37.9. The first-order chi connectivity index (χ1) is 17.5. The van der Waals surface area contributed by atoms with Gasteiger partial charge in [0.05, 0.1) is 5.92 Å². The third-order valence-electron chi connectivity index (χ3n) is 6.19. The predicted molar refractivity (Wildman–Crippen MR) is 134 cm³/mol. The molecule has 8 nitrogen and oxygen atoms in total. The second kappa shape index (κ2) is 11.1. The molecule has 3 atom stereocenters. The standard InChI is InChI=1S/C18H14N2O4.C10H14O2/c21-8-12-16-11-7-9(1-3-13(11)24-17(12)16)23-14-5-6-19-18-10(14)2-4-15(22)20-18;1-4-6-7-9(5-2)10(11)8-12-3/h1,3,5-8,12,16-17H,2,4H2,(H,19,20,22);4-7H,1,8H2,2-3H3/b;7-6-,9-5+. The first-order valence-electron chi connectivity index (χ1n) is 11.7. The minimum atomic E-state index is -0.0309. The van der Waals surface area contributed by atoms with Crippen LogP contribution >= 0.6 is 0 Å².